The highest BCUT2D eigenvalue weighted by Crippen LogP contribution is 2.32. The lowest BCUT2D eigenvalue weighted by Crippen LogP contribution is -2.33. The normalized spacial score (nSPS) is 26.5. The molecule has 104 valence electrons. The van der Waals surface area contributed by atoms with Gasteiger partial charge in [-0.05, 0) is 6.92 Å². The van der Waals surface area contributed by atoms with Gasteiger partial charge in [-0.15, -0.1) is 0 Å². The average molecular weight is 270 g/mol. The number of hydrogen-bond donors (Lipinski definition) is 3. The van der Waals surface area contributed by atoms with E-state index >= 15 is 0 Å². The Morgan fingerprint density at radius 3 is 2.79 bits per heavy atom. The molecule has 1 fully saturated rings. The number of aliphatic carboxylic acids is 1. The third-order valence-corrected chi connectivity index (χ3v) is 3.19. The zero-order chi connectivity index (χ0) is 14.2. The van der Waals surface area contributed by atoms with Gasteiger partial charge in [0, 0.05) is 18.2 Å². The number of H-pyrrole nitrogens is 1. The molecule has 0 aliphatic carbocycles. The standard InChI is InChI=1S/C11H14N2O6/c1-5-3-13(11(18)12-9(5)15)8-2-6(10(16)17)7(4-14)19-8/h3,6-8,14H,2,4H2,1H3,(H,16,17)(H,12,15,18)/t6-,7+,8+/m0/s1. The zero-order valence-electron chi connectivity index (χ0n) is 10.2. The number of carbonyl (C=O) groups is 1. The van der Waals surface area contributed by atoms with Crippen molar-refractivity contribution >= 4 is 5.97 Å². The molecule has 19 heavy (non-hydrogen) atoms. The van der Waals surface area contributed by atoms with Crippen molar-refractivity contribution in [1.82, 2.24) is 9.55 Å². The number of nitrogens with one attached hydrogen (secondary N) is 1. The van der Waals surface area contributed by atoms with E-state index in [1.54, 1.807) is 0 Å². The van der Waals surface area contributed by atoms with Crippen molar-refractivity contribution < 1.29 is 19.7 Å². The minimum Gasteiger partial charge on any atom is -0.481 e. The monoisotopic (exact) mass is 270 g/mol. The quantitative estimate of drug-likeness (QED) is 0.636. The molecule has 8 nitrogen and oxygen atoms in total. The number of aliphatic hydroxyl groups excluding tert-OH is 1. The number of ether oxygens (including phenoxy) is 1. The summed E-state index contributed by atoms with van der Waals surface area (Å²) in [7, 11) is 0. The van der Waals surface area contributed by atoms with Gasteiger partial charge < -0.3 is 14.9 Å². The van der Waals surface area contributed by atoms with Gasteiger partial charge in [-0.25, -0.2) is 4.79 Å². The molecule has 1 aliphatic rings. The number of aliphatic hydroxyl groups is 1. The molecule has 3 atom stereocenters. The van der Waals surface area contributed by atoms with Crippen LogP contribution in [0.1, 0.15) is 18.2 Å². The van der Waals surface area contributed by atoms with Crippen molar-refractivity contribution in [3.05, 3.63) is 32.6 Å². The molecule has 0 aromatic carbocycles. The summed E-state index contributed by atoms with van der Waals surface area (Å²) in [5, 5.41) is 18.1. The molecule has 0 unspecified atom stereocenters. The van der Waals surface area contributed by atoms with Crippen LogP contribution in [0.25, 0.3) is 0 Å². The summed E-state index contributed by atoms with van der Waals surface area (Å²) in [6.07, 6.45) is -0.279. The van der Waals surface area contributed by atoms with Gasteiger partial charge in [-0.3, -0.25) is 19.1 Å². The largest absolute Gasteiger partial charge is 0.481 e. The summed E-state index contributed by atoms with van der Waals surface area (Å²) < 4.78 is 6.50. The highest BCUT2D eigenvalue weighted by atomic mass is 16.5. The highest BCUT2D eigenvalue weighted by molar-refractivity contribution is 5.71. The number of rotatable bonds is 3. The zero-order valence-corrected chi connectivity index (χ0v) is 10.2. The van der Waals surface area contributed by atoms with Gasteiger partial charge in [-0.1, -0.05) is 0 Å². The van der Waals surface area contributed by atoms with E-state index in [0.29, 0.717) is 5.56 Å². The van der Waals surface area contributed by atoms with Crippen LogP contribution in [0.2, 0.25) is 0 Å². The van der Waals surface area contributed by atoms with Crippen molar-refractivity contribution in [3.63, 3.8) is 0 Å². The summed E-state index contributed by atoms with van der Waals surface area (Å²) >= 11 is 0. The summed E-state index contributed by atoms with van der Waals surface area (Å²) in [6, 6.07) is 0. The number of aryl methyl sites for hydroxylation is 1. The highest BCUT2D eigenvalue weighted by Gasteiger charge is 2.40. The number of hydrogen-bond acceptors (Lipinski definition) is 5. The maximum atomic E-state index is 11.7. The van der Waals surface area contributed by atoms with Crippen molar-refractivity contribution in [1.29, 1.82) is 0 Å². The summed E-state index contributed by atoms with van der Waals surface area (Å²) in [4.78, 5) is 36.1. The van der Waals surface area contributed by atoms with Crippen LogP contribution in [-0.4, -0.2) is 38.4 Å². The Morgan fingerprint density at radius 1 is 1.58 bits per heavy atom. The number of aromatic nitrogens is 2. The van der Waals surface area contributed by atoms with Gasteiger partial charge >= 0.3 is 11.7 Å². The Balaban J connectivity index is 2.35. The number of carboxylic acid groups (broad SMARTS) is 1. The van der Waals surface area contributed by atoms with Crippen LogP contribution in [0, 0.1) is 12.8 Å². The minimum atomic E-state index is -1.09. The predicted molar refractivity (Wildman–Crippen MR) is 62.8 cm³/mol. The Labute approximate surface area is 107 Å². The second kappa shape index (κ2) is 4.98. The SMILES string of the molecule is Cc1cn([C@H]2C[C@H](C(=O)O)[C@@H](CO)O2)c(=O)[nH]c1=O. The second-order valence-corrected chi connectivity index (χ2v) is 4.47. The van der Waals surface area contributed by atoms with Crippen LogP contribution in [0.3, 0.4) is 0 Å². The summed E-state index contributed by atoms with van der Waals surface area (Å²) in [5.74, 6) is -1.97. The maximum Gasteiger partial charge on any atom is 0.330 e. The molecular formula is C11H14N2O6. The first-order chi connectivity index (χ1) is 8.93. The van der Waals surface area contributed by atoms with Crippen LogP contribution in [-0.2, 0) is 9.53 Å². The van der Waals surface area contributed by atoms with Gasteiger partial charge in [0.15, 0.2) is 0 Å². The van der Waals surface area contributed by atoms with Crippen LogP contribution < -0.4 is 11.2 Å². The average Bonchev–Trinajstić information content (AvgIpc) is 2.77. The molecule has 1 aromatic heterocycles. The van der Waals surface area contributed by atoms with Gasteiger partial charge in [0.1, 0.15) is 6.23 Å². The smallest absolute Gasteiger partial charge is 0.330 e. The summed E-state index contributed by atoms with van der Waals surface area (Å²) in [5.41, 5.74) is -0.835. The Hall–Kier alpha value is -1.93. The number of aromatic amines is 1. The lowest BCUT2D eigenvalue weighted by Gasteiger charge is -2.14. The molecule has 1 saturated heterocycles. The molecule has 0 bridgehead atoms. The third-order valence-electron chi connectivity index (χ3n) is 3.19. The first-order valence-electron chi connectivity index (χ1n) is 5.75. The third kappa shape index (κ3) is 2.45. The van der Waals surface area contributed by atoms with Crippen molar-refractivity contribution in [3.8, 4) is 0 Å². The maximum absolute atomic E-state index is 11.7. The lowest BCUT2D eigenvalue weighted by molar-refractivity contribution is -0.144. The topological polar surface area (TPSA) is 122 Å². The van der Waals surface area contributed by atoms with E-state index in [9.17, 15) is 14.4 Å². The van der Waals surface area contributed by atoms with E-state index in [1.807, 2.05) is 0 Å². The molecule has 1 aliphatic heterocycles. The molecule has 0 radical (unpaired) electrons. The van der Waals surface area contributed by atoms with Gasteiger partial charge in [0.2, 0.25) is 0 Å². The Morgan fingerprint density at radius 2 is 2.26 bits per heavy atom. The van der Waals surface area contributed by atoms with Crippen LogP contribution in [0.4, 0.5) is 0 Å². The first-order valence-corrected chi connectivity index (χ1v) is 5.75. The molecule has 2 heterocycles. The van der Waals surface area contributed by atoms with E-state index < -0.39 is 42.1 Å². The van der Waals surface area contributed by atoms with Crippen LogP contribution in [0.5, 0.6) is 0 Å². The molecule has 2 rings (SSSR count). The van der Waals surface area contributed by atoms with E-state index in [0.717, 1.165) is 4.57 Å². The number of nitrogens with zero attached hydrogens (tertiary/aromatic N) is 1. The molecule has 0 saturated carbocycles. The van der Waals surface area contributed by atoms with Crippen molar-refractivity contribution in [2.75, 3.05) is 6.61 Å². The summed E-state index contributed by atoms with van der Waals surface area (Å²) in [6.45, 7) is 1.09. The van der Waals surface area contributed by atoms with Gasteiger partial charge in [0.25, 0.3) is 5.56 Å². The van der Waals surface area contributed by atoms with E-state index in [2.05, 4.69) is 4.98 Å². The second-order valence-electron chi connectivity index (χ2n) is 4.47. The van der Waals surface area contributed by atoms with Gasteiger partial charge in [0.05, 0.1) is 18.6 Å². The minimum absolute atomic E-state index is 0.0615. The van der Waals surface area contributed by atoms with Crippen molar-refractivity contribution in [2.45, 2.75) is 25.7 Å². The Kier molecular flexibility index (Phi) is 3.54. The fraction of sp³-hybridized carbons (Fsp3) is 0.545. The van der Waals surface area contributed by atoms with E-state index in [1.165, 1.54) is 13.1 Å². The lowest BCUT2D eigenvalue weighted by atomic mass is 10.0. The number of carboxylic acids is 1. The first kappa shape index (κ1) is 13.5. The van der Waals surface area contributed by atoms with E-state index in [-0.39, 0.29) is 6.42 Å². The molecule has 0 amide bonds. The van der Waals surface area contributed by atoms with Gasteiger partial charge in [-0.2, -0.15) is 0 Å². The predicted octanol–water partition coefficient (Wildman–Crippen LogP) is -1.17. The fourth-order valence-corrected chi connectivity index (χ4v) is 2.13. The fourth-order valence-electron chi connectivity index (χ4n) is 2.13. The van der Waals surface area contributed by atoms with E-state index in [4.69, 9.17) is 14.9 Å². The van der Waals surface area contributed by atoms with Crippen molar-refractivity contribution in [2.24, 2.45) is 5.92 Å². The van der Waals surface area contributed by atoms with Crippen LogP contribution >= 0.6 is 0 Å². The molecule has 3 N–H and O–H groups in total. The Bertz CT molecular complexity index is 604. The molecule has 0 spiro atoms. The van der Waals surface area contributed by atoms with Crippen LogP contribution in [0.15, 0.2) is 15.8 Å². The molecular weight excluding hydrogens is 256 g/mol. The molecule has 1 aromatic rings. The molecule has 8 heteroatoms.